The lowest BCUT2D eigenvalue weighted by molar-refractivity contribution is -0.127. The van der Waals surface area contributed by atoms with Crippen LogP contribution in [0.2, 0.25) is 0 Å². The minimum Gasteiger partial charge on any atom is -0.465 e. The second-order valence-electron chi connectivity index (χ2n) is 8.50. The smallest absolute Gasteiger partial charge is 0.411 e. The number of rotatable bonds is 5. The average Bonchev–Trinajstić information content (AvgIpc) is 2.66. The predicted octanol–water partition coefficient (Wildman–Crippen LogP) is 3.32. The van der Waals surface area contributed by atoms with E-state index in [0.29, 0.717) is 10.6 Å². The van der Waals surface area contributed by atoms with Gasteiger partial charge in [-0.05, 0) is 38.8 Å². The molecule has 0 aromatic heterocycles. The molecule has 9 nitrogen and oxygen atoms in total. The maximum atomic E-state index is 13.4. The fourth-order valence-corrected chi connectivity index (χ4v) is 3.98. The SMILES string of the molecule is COSc1cc(N2CCN(C(=O)OC(C)(C)C)C(C(C)C)C2=O)c(N)cc1C(=O)OC. The summed E-state index contributed by atoms with van der Waals surface area (Å²) in [5.41, 5.74) is 6.50. The molecule has 1 unspecified atom stereocenters. The molecule has 172 valence electrons. The monoisotopic (exact) mass is 453 g/mol. The van der Waals surface area contributed by atoms with Crippen molar-refractivity contribution in [2.75, 3.05) is 37.9 Å². The number of amides is 2. The van der Waals surface area contributed by atoms with Gasteiger partial charge in [-0.2, -0.15) is 0 Å². The van der Waals surface area contributed by atoms with Crippen LogP contribution in [-0.2, 0) is 18.5 Å². The van der Waals surface area contributed by atoms with Crippen LogP contribution >= 0.6 is 12.0 Å². The molecule has 0 saturated carbocycles. The Bertz CT molecular complexity index is 852. The van der Waals surface area contributed by atoms with Gasteiger partial charge in [0.15, 0.2) is 0 Å². The van der Waals surface area contributed by atoms with E-state index in [1.165, 1.54) is 25.2 Å². The molecule has 2 amide bonds. The van der Waals surface area contributed by atoms with E-state index in [-0.39, 0.29) is 36.2 Å². The highest BCUT2D eigenvalue weighted by molar-refractivity contribution is 7.94. The summed E-state index contributed by atoms with van der Waals surface area (Å²) in [7, 11) is 2.75. The molecule has 2 N–H and O–H groups in total. The Kier molecular flexibility index (Phi) is 7.82. The number of carbonyl (C=O) groups is 3. The summed E-state index contributed by atoms with van der Waals surface area (Å²) in [4.78, 5) is 41.7. The summed E-state index contributed by atoms with van der Waals surface area (Å²) in [5.74, 6) is -0.969. The maximum Gasteiger partial charge on any atom is 0.411 e. The fraction of sp³-hybridized carbons (Fsp3) is 0.571. The van der Waals surface area contributed by atoms with Gasteiger partial charge in [-0.1, -0.05) is 13.8 Å². The molecular formula is C21H31N3O6S. The highest BCUT2D eigenvalue weighted by Crippen LogP contribution is 2.36. The first-order valence-electron chi connectivity index (χ1n) is 9.94. The third-order valence-corrected chi connectivity index (χ3v) is 5.36. The zero-order valence-corrected chi connectivity index (χ0v) is 19.9. The van der Waals surface area contributed by atoms with Gasteiger partial charge in [0.2, 0.25) is 5.91 Å². The minimum absolute atomic E-state index is 0.147. The predicted molar refractivity (Wildman–Crippen MR) is 119 cm³/mol. The summed E-state index contributed by atoms with van der Waals surface area (Å²) >= 11 is 0.974. The molecule has 1 aromatic rings. The van der Waals surface area contributed by atoms with E-state index >= 15 is 0 Å². The first kappa shape index (κ1) is 24.8. The van der Waals surface area contributed by atoms with E-state index in [1.54, 1.807) is 31.7 Å². The summed E-state index contributed by atoms with van der Waals surface area (Å²) in [6, 6.07) is 2.40. The Balaban J connectivity index is 2.42. The lowest BCUT2D eigenvalue weighted by atomic mass is 9.98. The number of esters is 1. The van der Waals surface area contributed by atoms with E-state index in [9.17, 15) is 14.4 Å². The Hall–Kier alpha value is -2.46. The van der Waals surface area contributed by atoms with Gasteiger partial charge in [0.05, 0.1) is 36.1 Å². The topological polar surface area (TPSA) is 111 Å². The first-order valence-corrected chi connectivity index (χ1v) is 10.7. The number of benzene rings is 1. The Morgan fingerprint density at radius 3 is 2.35 bits per heavy atom. The van der Waals surface area contributed by atoms with Gasteiger partial charge in [0.1, 0.15) is 11.6 Å². The summed E-state index contributed by atoms with van der Waals surface area (Å²) in [6.45, 7) is 9.62. The third-order valence-electron chi connectivity index (χ3n) is 4.68. The standard InChI is InChI=1S/C21H31N3O6S/c1-12(2)17-18(25)23(8-9-24(17)20(27)30-21(3,4)5)15-11-16(31-29-7)13(10-14(15)22)19(26)28-6/h10-12,17H,8-9,22H2,1-7H3. The van der Waals surface area contributed by atoms with Crippen molar-refractivity contribution in [2.24, 2.45) is 5.92 Å². The normalized spacial score (nSPS) is 17.2. The summed E-state index contributed by atoms with van der Waals surface area (Å²) < 4.78 is 15.4. The van der Waals surface area contributed by atoms with Crippen molar-refractivity contribution < 1.29 is 28.0 Å². The molecule has 1 heterocycles. The molecule has 0 bridgehead atoms. The van der Waals surface area contributed by atoms with Crippen molar-refractivity contribution >= 4 is 41.4 Å². The molecule has 1 fully saturated rings. The molecule has 31 heavy (non-hydrogen) atoms. The van der Waals surface area contributed by atoms with E-state index in [1.807, 2.05) is 13.8 Å². The Morgan fingerprint density at radius 1 is 1.19 bits per heavy atom. The van der Waals surface area contributed by atoms with Gasteiger partial charge < -0.3 is 24.3 Å². The van der Waals surface area contributed by atoms with E-state index in [4.69, 9.17) is 19.4 Å². The minimum atomic E-state index is -0.707. The van der Waals surface area contributed by atoms with Crippen molar-refractivity contribution in [1.82, 2.24) is 4.90 Å². The van der Waals surface area contributed by atoms with Crippen molar-refractivity contribution in [1.29, 1.82) is 0 Å². The summed E-state index contributed by atoms with van der Waals surface area (Å²) in [5, 5.41) is 0. The second-order valence-corrected chi connectivity index (χ2v) is 9.44. The van der Waals surface area contributed by atoms with E-state index < -0.39 is 23.7 Å². The Morgan fingerprint density at radius 2 is 1.84 bits per heavy atom. The molecule has 1 atom stereocenters. The number of nitrogens with zero attached hydrogens (tertiary/aromatic N) is 2. The number of carbonyl (C=O) groups excluding carboxylic acids is 3. The van der Waals surface area contributed by atoms with Crippen LogP contribution in [0, 0.1) is 5.92 Å². The van der Waals surface area contributed by atoms with Crippen LogP contribution < -0.4 is 10.6 Å². The number of ether oxygens (including phenoxy) is 2. The van der Waals surface area contributed by atoms with Gasteiger partial charge in [0.25, 0.3) is 0 Å². The molecule has 10 heteroatoms. The van der Waals surface area contributed by atoms with Gasteiger partial charge >= 0.3 is 12.1 Å². The molecule has 1 aliphatic rings. The number of piperazine rings is 1. The first-order chi connectivity index (χ1) is 14.4. The van der Waals surface area contributed by atoms with Crippen LogP contribution in [0.4, 0.5) is 16.2 Å². The molecule has 0 spiro atoms. The molecule has 2 rings (SSSR count). The van der Waals surface area contributed by atoms with Gasteiger partial charge in [0, 0.05) is 25.1 Å². The largest absolute Gasteiger partial charge is 0.465 e. The van der Waals surface area contributed by atoms with Gasteiger partial charge in [-0.15, -0.1) is 0 Å². The molecule has 1 saturated heterocycles. The average molecular weight is 454 g/mol. The van der Waals surface area contributed by atoms with Gasteiger partial charge in [-0.3, -0.25) is 9.69 Å². The highest BCUT2D eigenvalue weighted by Gasteiger charge is 2.42. The van der Waals surface area contributed by atoms with Crippen LogP contribution in [0.1, 0.15) is 45.0 Å². The van der Waals surface area contributed by atoms with Crippen molar-refractivity contribution in [3.63, 3.8) is 0 Å². The zero-order chi connectivity index (χ0) is 23.5. The fourth-order valence-electron chi connectivity index (χ4n) is 3.41. The number of hydrogen-bond donors (Lipinski definition) is 1. The number of methoxy groups -OCH3 is 1. The molecule has 0 aliphatic carbocycles. The molecular weight excluding hydrogens is 422 g/mol. The number of anilines is 2. The van der Waals surface area contributed by atoms with Crippen LogP contribution in [0.5, 0.6) is 0 Å². The quantitative estimate of drug-likeness (QED) is 0.411. The third kappa shape index (κ3) is 5.62. The number of nitrogens with two attached hydrogens (primary N) is 1. The van der Waals surface area contributed by atoms with Crippen molar-refractivity contribution in [3.8, 4) is 0 Å². The van der Waals surface area contributed by atoms with E-state index in [0.717, 1.165) is 12.0 Å². The molecule has 1 aromatic carbocycles. The van der Waals surface area contributed by atoms with Gasteiger partial charge in [-0.25, -0.2) is 9.59 Å². The van der Waals surface area contributed by atoms with Crippen LogP contribution in [0.15, 0.2) is 17.0 Å². The van der Waals surface area contributed by atoms with E-state index in [2.05, 4.69) is 0 Å². The highest BCUT2D eigenvalue weighted by atomic mass is 32.2. The van der Waals surface area contributed by atoms with Crippen LogP contribution in [-0.4, -0.2) is 61.8 Å². The maximum absolute atomic E-state index is 13.4. The summed E-state index contributed by atoms with van der Waals surface area (Å²) in [6.07, 6.45) is -0.524. The van der Waals surface area contributed by atoms with Crippen molar-refractivity contribution in [3.05, 3.63) is 17.7 Å². The molecule has 1 aliphatic heterocycles. The van der Waals surface area contributed by atoms with Crippen LogP contribution in [0.3, 0.4) is 0 Å². The Labute approximate surface area is 187 Å². The zero-order valence-electron chi connectivity index (χ0n) is 19.1. The number of hydrogen-bond acceptors (Lipinski definition) is 8. The second kappa shape index (κ2) is 9.78. The lowest BCUT2D eigenvalue weighted by Crippen LogP contribution is -2.61. The lowest BCUT2D eigenvalue weighted by Gasteiger charge is -2.42. The van der Waals surface area contributed by atoms with Crippen molar-refractivity contribution in [2.45, 2.75) is 51.2 Å². The molecule has 0 radical (unpaired) electrons. The van der Waals surface area contributed by atoms with Crippen LogP contribution in [0.25, 0.3) is 0 Å². The number of nitrogen functional groups attached to an aromatic ring is 1.